The maximum atomic E-state index is 11.9. The molecule has 1 aromatic rings. The zero-order valence-corrected chi connectivity index (χ0v) is 11.6. The minimum absolute atomic E-state index is 0.0439. The Morgan fingerprint density at radius 3 is 2.95 bits per heavy atom. The van der Waals surface area contributed by atoms with Crippen molar-refractivity contribution < 1.29 is 9.59 Å². The zero-order valence-electron chi connectivity index (χ0n) is 11.6. The molecule has 1 aliphatic heterocycles. The van der Waals surface area contributed by atoms with E-state index < -0.39 is 0 Å². The molecule has 1 heterocycles. The van der Waals surface area contributed by atoms with Crippen LogP contribution in [0.15, 0.2) is 24.3 Å². The molecular formula is C15H21N3O2. The highest BCUT2D eigenvalue weighted by Gasteiger charge is 2.19. The third-order valence-electron chi connectivity index (χ3n) is 3.37. The van der Waals surface area contributed by atoms with Gasteiger partial charge in [-0.15, -0.1) is 0 Å². The SMILES string of the molecule is NCCCC(=O)Nc1cccc(N2CCCCC2=O)c1. The molecule has 5 heteroatoms. The van der Waals surface area contributed by atoms with Gasteiger partial charge in [-0.3, -0.25) is 9.59 Å². The van der Waals surface area contributed by atoms with Gasteiger partial charge in [-0.1, -0.05) is 6.07 Å². The van der Waals surface area contributed by atoms with E-state index in [1.165, 1.54) is 0 Å². The number of nitrogens with two attached hydrogens (primary N) is 1. The van der Waals surface area contributed by atoms with Gasteiger partial charge in [0.1, 0.15) is 0 Å². The van der Waals surface area contributed by atoms with E-state index in [1.54, 1.807) is 4.90 Å². The highest BCUT2D eigenvalue weighted by molar-refractivity contribution is 5.96. The minimum Gasteiger partial charge on any atom is -0.330 e. The molecule has 5 nitrogen and oxygen atoms in total. The van der Waals surface area contributed by atoms with Gasteiger partial charge in [-0.2, -0.15) is 0 Å². The minimum atomic E-state index is -0.0439. The van der Waals surface area contributed by atoms with Gasteiger partial charge in [0.2, 0.25) is 11.8 Å². The van der Waals surface area contributed by atoms with Crippen molar-refractivity contribution in [3.63, 3.8) is 0 Å². The first-order chi connectivity index (χ1) is 9.70. The number of hydrogen-bond acceptors (Lipinski definition) is 3. The predicted molar refractivity (Wildman–Crippen MR) is 79.6 cm³/mol. The Kier molecular flexibility index (Phi) is 5.12. The summed E-state index contributed by atoms with van der Waals surface area (Å²) in [6.45, 7) is 1.26. The lowest BCUT2D eigenvalue weighted by Crippen LogP contribution is -2.35. The molecule has 0 aliphatic carbocycles. The first kappa shape index (κ1) is 14.5. The van der Waals surface area contributed by atoms with Crippen molar-refractivity contribution in [1.29, 1.82) is 0 Å². The first-order valence-electron chi connectivity index (χ1n) is 7.11. The summed E-state index contributed by atoms with van der Waals surface area (Å²) in [5, 5.41) is 2.84. The average molecular weight is 275 g/mol. The van der Waals surface area contributed by atoms with Crippen LogP contribution < -0.4 is 16.0 Å². The molecule has 3 N–H and O–H groups in total. The fourth-order valence-corrected chi connectivity index (χ4v) is 2.32. The summed E-state index contributed by atoms with van der Waals surface area (Å²) in [6.07, 6.45) is 3.69. The number of benzene rings is 1. The van der Waals surface area contributed by atoms with E-state index in [1.807, 2.05) is 24.3 Å². The van der Waals surface area contributed by atoms with Crippen molar-refractivity contribution in [2.45, 2.75) is 32.1 Å². The quantitative estimate of drug-likeness (QED) is 0.861. The number of rotatable bonds is 5. The molecule has 0 unspecified atom stereocenters. The largest absolute Gasteiger partial charge is 0.330 e. The number of hydrogen-bond donors (Lipinski definition) is 2. The number of nitrogens with one attached hydrogen (secondary N) is 1. The van der Waals surface area contributed by atoms with Crippen molar-refractivity contribution in [3.8, 4) is 0 Å². The van der Waals surface area contributed by atoms with E-state index in [0.717, 1.165) is 30.8 Å². The Labute approximate surface area is 119 Å². The van der Waals surface area contributed by atoms with E-state index in [9.17, 15) is 9.59 Å². The second kappa shape index (κ2) is 7.05. The molecule has 0 saturated carbocycles. The number of anilines is 2. The third kappa shape index (κ3) is 3.81. The van der Waals surface area contributed by atoms with E-state index in [-0.39, 0.29) is 11.8 Å². The summed E-state index contributed by atoms with van der Waals surface area (Å²) in [5.41, 5.74) is 6.96. The standard InChI is InChI=1S/C15H21N3O2/c16-9-4-7-14(19)17-12-5-3-6-13(11-12)18-10-2-1-8-15(18)20/h3,5-6,11H,1-2,4,7-10,16H2,(H,17,19). The lowest BCUT2D eigenvalue weighted by molar-refractivity contribution is -0.119. The van der Waals surface area contributed by atoms with Crippen LogP contribution in [0.4, 0.5) is 11.4 Å². The topological polar surface area (TPSA) is 75.4 Å². The lowest BCUT2D eigenvalue weighted by Gasteiger charge is -2.27. The van der Waals surface area contributed by atoms with E-state index in [0.29, 0.717) is 25.8 Å². The van der Waals surface area contributed by atoms with Crippen molar-refractivity contribution >= 4 is 23.2 Å². The predicted octanol–water partition coefficient (Wildman–Crippen LogP) is 1.88. The Morgan fingerprint density at radius 2 is 2.20 bits per heavy atom. The summed E-state index contributed by atoms with van der Waals surface area (Å²) in [7, 11) is 0. The second-order valence-electron chi connectivity index (χ2n) is 4.99. The molecule has 0 radical (unpaired) electrons. The molecule has 1 fully saturated rings. The van der Waals surface area contributed by atoms with Crippen LogP contribution in [0.25, 0.3) is 0 Å². The highest BCUT2D eigenvalue weighted by atomic mass is 16.2. The molecule has 0 atom stereocenters. The molecule has 0 spiro atoms. The molecule has 0 aromatic heterocycles. The highest BCUT2D eigenvalue weighted by Crippen LogP contribution is 2.23. The molecule has 0 bridgehead atoms. The van der Waals surface area contributed by atoms with Crippen LogP contribution in [-0.2, 0) is 9.59 Å². The Bertz CT molecular complexity index is 488. The second-order valence-corrected chi connectivity index (χ2v) is 4.99. The van der Waals surface area contributed by atoms with E-state index in [2.05, 4.69) is 5.32 Å². The van der Waals surface area contributed by atoms with Crippen molar-refractivity contribution in [2.75, 3.05) is 23.3 Å². The van der Waals surface area contributed by atoms with Crippen LogP contribution in [-0.4, -0.2) is 24.9 Å². The van der Waals surface area contributed by atoms with E-state index >= 15 is 0 Å². The van der Waals surface area contributed by atoms with Gasteiger partial charge >= 0.3 is 0 Å². The van der Waals surface area contributed by atoms with Gasteiger partial charge in [0.15, 0.2) is 0 Å². The van der Waals surface area contributed by atoms with Gasteiger partial charge in [0.05, 0.1) is 0 Å². The molecule has 1 aliphatic rings. The van der Waals surface area contributed by atoms with Crippen LogP contribution in [0.1, 0.15) is 32.1 Å². The number of piperidine rings is 1. The maximum absolute atomic E-state index is 11.9. The van der Waals surface area contributed by atoms with E-state index in [4.69, 9.17) is 5.73 Å². The van der Waals surface area contributed by atoms with Crippen LogP contribution in [0, 0.1) is 0 Å². The summed E-state index contributed by atoms with van der Waals surface area (Å²) >= 11 is 0. The number of carbonyl (C=O) groups excluding carboxylic acids is 2. The van der Waals surface area contributed by atoms with Gasteiger partial charge in [0, 0.05) is 30.8 Å². The summed E-state index contributed by atoms with van der Waals surface area (Å²) in [6, 6.07) is 7.44. The average Bonchev–Trinajstić information content (AvgIpc) is 2.46. The first-order valence-corrected chi connectivity index (χ1v) is 7.11. The molecule has 2 rings (SSSR count). The van der Waals surface area contributed by atoms with Crippen molar-refractivity contribution in [2.24, 2.45) is 5.73 Å². The molecule has 1 aromatic carbocycles. The number of nitrogens with zero attached hydrogens (tertiary/aromatic N) is 1. The Balaban J connectivity index is 2.03. The monoisotopic (exact) mass is 275 g/mol. The fourth-order valence-electron chi connectivity index (χ4n) is 2.32. The van der Waals surface area contributed by atoms with Gasteiger partial charge < -0.3 is 16.0 Å². The summed E-state index contributed by atoms with van der Waals surface area (Å²) in [4.78, 5) is 25.4. The fraction of sp³-hybridized carbons (Fsp3) is 0.467. The van der Waals surface area contributed by atoms with Gasteiger partial charge in [-0.05, 0) is 44.0 Å². The summed E-state index contributed by atoms with van der Waals surface area (Å²) in [5.74, 6) is 0.112. The van der Waals surface area contributed by atoms with Crippen LogP contribution in [0.5, 0.6) is 0 Å². The normalized spacial score (nSPS) is 15.2. The lowest BCUT2D eigenvalue weighted by atomic mass is 10.1. The third-order valence-corrected chi connectivity index (χ3v) is 3.37. The van der Waals surface area contributed by atoms with Crippen LogP contribution >= 0.6 is 0 Å². The van der Waals surface area contributed by atoms with Crippen LogP contribution in [0.3, 0.4) is 0 Å². The van der Waals surface area contributed by atoms with Crippen molar-refractivity contribution in [1.82, 2.24) is 0 Å². The van der Waals surface area contributed by atoms with Gasteiger partial charge in [-0.25, -0.2) is 0 Å². The smallest absolute Gasteiger partial charge is 0.226 e. The maximum Gasteiger partial charge on any atom is 0.226 e. The molecule has 1 saturated heterocycles. The zero-order chi connectivity index (χ0) is 14.4. The number of amides is 2. The van der Waals surface area contributed by atoms with Crippen LogP contribution in [0.2, 0.25) is 0 Å². The molecule has 108 valence electrons. The Morgan fingerprint density at radius 1 is 1.35 bits per heavy atom. The molecule has 2 amide bonds. The van der Waals surface area contributed by atoms with Gasteiger partial charge in [0.25, 0.3) is 0 Å². The summed E-state index contributed by atoms with van der Waals surface area (Å²) < 4.78 is 0. The number of carbonyl (C=O) groups is 2. The molecule has 20 heavy (non-hydrogen) atoms. The Hall–Kier alpha value is -1.88. The molecular weight excluding hydrogens is 254 g/mol. The van der Waals surface area contributed by atoms with Crippen molar-refractivity contribution in [3.05, 3.63) is 24.3 Å².